The molecule has 0 saturated heterocycles. The number of para-hydroxylation sites is 3. The van der Waals surface area contributed by atoms with Crippen molar-refractivity contribution in [2.75, 3.05) is 9.80 Å². The lowest BCUT2D eigenvalue weighted by Crippen LogP contribution is -2.61. The van der Waals surface area contributed by atoms with Gasteiger partial charge in [-0.05, 0) is 237 Å². The van der Waals surface area contributed by atoms with Gasteiger partial charge in [0.15, 0.2) is 0 Å². The Morgan fingerprint density at radius 3 is 1.06 bits per heavy atom. The van der Waals surface area contributed by atoms with Gasteiger partial charge < -0.3 is 23.5 Å². The Morgan fingerprint density at radius 1 is 0.235 bits per heavy atom. The predicted octanol–water partition coefficient (Wildman–Crippen LogP) is 29.8. The second-order valence-electron chi connectivity index (χ2n) is 41.3. The van der Waals surface area contributed by atoms with Crippen LogP contribution in [0.1, 0.15) is 184 Å². The highest BCUT2D eigenvalue weighted by molar-refractivity contribution is 7.00. The van der Waals surface area contributed by atoms with Crippen LogP contribution in [0.5, 0.6) is 0 Å². The minimum absolute atomic E-state index is 0.0715. The first-order valence-corrected chi connectivity index (χ1v) is 43.2. The minimum atomic E-state index is -0.293. The summed E-state index contributed by atoms with van der Waals surface area (Å²) in [5.74, 6) is 0. The number of hydrogen-bond acceptors (Lipinski definition) is 2. The van der Waals surface area contributed by atoms with Crippen molar-refractivity contribution >= 4 is 134 Å². The Hall–Kier alpha value is -11.6. The zero-order valence-corrected chi connectivity index (χ0v) is 74.0. The van der Waals surface area contributed by atoms with Gasteiger partial charge in [0.25, 0.3) is 6.71 Å². The lowest BCUT2D eigenvalue weighted by molar-refractivity contribution is 0.569. The lowest BCUT2D eigenvalue weighted by Gasteiger charge is -2.45. The minimum Gasteiger partial charge on any atom is -0.310 e. The molecule has 17 aromatic rings. The topological polar surface area (TPSA) is 21.3 Å². The van der Waals surface area contributed by atoms with Crippen molar-refractivity contribution in [3.8, 4) is 50.4 Å². The van der Waals surface area contributed by atoms with Crippen LogP contribution in [0.3, 0.4) is 0 Å². The van der Waals surface area contributed by atoms with Crippen LogP contribution in [0.4, 0.5) is 34.1 Å². The molecule has 3 aromatic heterocycles. The highest BCUT2D eigenvalue weighted by Crippen LogP contribution is 2.56. The molecule has 0 aliphatic carbocycles. The van der Waals surface area contributed by atoms with Crippen molar-refractivity contribution in [1.82, 2.24) is 13.7 Å². The summed E-state index contributed by atoms with van der Waals surface area (Å²) in [6.07, 6.45) is 0. The molecule has 0 unspecified atom stereocenters. The van der Waals surface area contributed by atoms with Crippen molar-refractivity contribution < 1.29 is 0 Å². The van der Waals surface area contributed by atoms with E-state index in [2.05, 4.69) is 448 Å². The molecule has 0 N–H and O–H groups in total. The molecule has 0 atom stereocenters. The third-order valence-corrected chi connectivity index (χ3v) is 26.1. The lowest BCUT2D eigenvalue weighted by atomic mass is 9.33. The molecule has 2 aliphatic heterocycles. The summed E-state index contributed by atoms with van der Waals surface area (Å²) in [6.45, 7) is 49.0. The summed E-state index contributed by atoms with van der Waals surface area (Å²) in [7, 11) is 0. The normalized spacial score (nSPS) is 13.6. The van der Waals surface area contributed by atoms with E-state index in [1.165, 1.54) is 98.9 Å². The summed E-state index contributed by atoms with van der Waals surface area (Å²) in [6, 6.07) is 108. The Kier molecular flexibility index (Phi) is 17.7. The van der Waals surface area contributed by atoms with E-state index < -0.39 is 0 Å². The van der Waals surface area contributed by atoms with Crippen molar-refractivity contribution in [1.29, 1.82) is 0 Å². The first-order valence-electron chi connectivity index (χ1n) is 42.8. The van der Waals surface area contributed by atoms with Crippen LogP contribution < -0.4 is 26.2 Å². The number of anilines is 6. The van der Waals surface area contributed by atoms with Gasteiger partial charge in [-0.2, -0.15) is 0 Å². The Labute approximate surface area is 709 Å². The SMILES string of the molecule is CC(C)(C)c1cc(-c2cc3c4c(c2)N(c2cccc5c6cccc(-n7c8ccc(C(C)(C)C)cc8c8cc(C(C)(C)C)ccc87)c6n(-c6ccccc6)c25)c2cc(-n5c6ccc(C(C)(C)C)cc6c6cc(C(C)(C)C)ccc65)ccc2B4c2ccc(Cl)cc2N3c2c(-c3ccccc3)cc(C(C)(C)C)cc2-c2ccccc2)cc(C(C)(C)C)c1. The van der Waals surface area contributed by atoms with Crippen LogP contribution in [0.2, 0.25) is 5.02 Å². The number of rotatable bonds is 8. The fraction of sp³-hybridized carbons (Fsp3) is 0.250. The monoisotopic (exact) mass is 1570 g/mol. The molecule has 119 heavy (non-hydrogen) atoms. The van der Waals surface area contributed by atoms with Crippen LogP contribution >= 0.6 is 11.6 Å². The number of benzene rings is 14. The molecule has 5 nitrogen and oxygen atoms in total. The van der Waals surface area contributed by atoms with Crippen molar-refractivity contribution in [3.63, 3.8) is 0 Å². The fourth-order valence-electron chi connectivity index (χ4n) is 19.1. The maximum absolute atomic E-state index is 7.74. The van der Waals surface area contributed by atoms with E-state index in [1.807, 2.05) is 0 Å². The number of nitrogens with zero attached hydrogens (tertiary/aromatic N) is 5. The third-order valence-electron chi connectivity index (χ3n) is 25.9. The van der Waals surface area contributed by atoms with Crippen LogP contribution in [-0.4, -0.2) is 20.4 Å². The van der Waals surface area contributed by atoms with Crippen LogP contribution in [0, 0.1) is 0 Å². The summed E-state index contributed by atoms with van der Waals surface area (Å²) in [5.41, 5.74) is 35.2. The van der Waals surface area contributed by atoms with Crippen molar-refractivity contribution in [3.05, 3.63) is 323 Å². The van der Waals surface area contributed by atoms with E-state index in [9.17, 15) is 0 Å². The summed E-state index contributed by atoms with van der Waals surface area (Å²) in [5, 5.41) is 7.99. The molecule has 0 radical (unpaired) electrons. The number of aromatic nitrogens is 3. The average Bonchev–Trinajstić information content (AvgIpc) is 1.66. The van der Waals surface area contributed by atoms with Gasteiger partial charge >= 0.3 is 0 Å². The molecular weight excluding hydrogens is 1460 g/mol. The smallest absolute Gasteiger partial charge is 0.252 e. The maximum Gasteiger partial charge on any atom is 0.252 e. The first-order chi connectivity index (χ1) is 56.4. The van der Waals surface area contributed by atoms with Crippen molar-refractivity contribution in [2.45, 2.75) is 183 Å². The fourth-order valence-corrected chi connectivity index (χ4v) is 19.3. The number of fused-ring (bicyclic) bond motifs is 13. The molecule has 0 bridgehead atoms. The zero-order valence-electron chi connectivity index (χ0n) is 73.2. The molecule has 14 aromatic carbocycles. The van der Waals surface area contributed by atoms with E-state index in [0.29, 0.717) is 5.02 Å². The Balaban J connectivity index is 1.00. The maximum atomic E-state index is 7.74. The molecule has 0 saturated carbocycles. The van der Waals surface area contributed by atoms with E-state index in [4.69, 9.17) is 11.6 Å². The van der Waals surface area contributed by atoms with Crippen molar-refractivity contribution in [2.24, 2.45) is 0 Å². The largest absolute Gasteiger partial charge is 0.310 e. The van der Waals surface area contributed by atoms with Gasteiger partial charge in [-0.1, -0.05) is 315 Å². The van der Waals surface area contributed by atoms with Gasteiger partial charge in [0.05, 0.1) is 50.2 Å². The number of halogens is 1. The first kappa shape index (κ1) is 77.4. The average molecular weight is 1570 g/mol. The second kappa shape index (κ2) is 27.2. The quantitative estimate of drug-likeness (QED) is 0.141. The highest BCUT2D eigenvalue weighted by Gasteiger charge is 2.46. The van der Waals surface area contributed by atoms with E-state index in [1.54, 1.807) is 0 Å². The number of hydrogen-bond donors (Lipinski definition) is 0. The van der Waals surface area contributed by atoms with Gasteiger partial charge in [0.2, 0.25) is 0 Å². The molecular formula is C112H109BClN5. The standard InChI is InChI=1S/C112H109BClN5/c1-106(2,3)72-43-51-92-86(60-72)87-61-73(107(4,5)6)44-52-93(87)115(92)81-48-50-91-99(67-81)118(97-42-32-40-83-82-39-31-41-96(104(82)116(105(83)97)80-37-29-24-30-38-80)117-94-53-45-74(108(7,8)9)62-88(94)89-63-75(109(10,11)12)46-54-95(89)117)100-57-71(70-55-76(110(13,14)15)59-77(56-70)111(16,17)18)58-101-102(100)113(91)90-49-47-79(114)66-98(90)119(101)103-84(68-33-25-22-26-34-68)64-78(112(19,20)21)65-85(103)69-35-27-23-28-36-69/h22-67H,1-21H3. The summed E-state index contributed by atoms with van der Waals surface area (Å²) < 4.78 is 7.77. The molecule has 5 heterocycles. The molecule has 7 heteroatoms. The Bertz CT molecular complexity index is 6780. The second-order valence-corrected chi connectivity index (χ2v) is 41.7. The third kappa shape index (κ3) is 12.9. The van der Waals surface area contributed by atoms with Gasteiger partial charge in [0.1, 0.15) is 0 Å². The molecule has 592 valence electrons. The molecule has 0 spiro atoms. The van der Waals surface area contributed by atoms with E-state index in [-0.39, 0.29) is 44.6 Å². The summed E-state index contributed by atoms with van der Waals surface area (Å²) in [4.78, 5) is 5.37. The van der Waals surface area contributed by atoms with Gasteiger partial charge in [-0.25, -0.2) is 0 Å². The predicted molar refractivity (Wildman–Crippen MR) is 516 cm³/mol. The van der Waals surface area contributed by atoms with E-state index >= 15 is 0 Å². The zero-order chi connectivity index (χ0) is 83.4. The highest BCUT2D eigenvalue weighted by atomic mass is 35.5. The Morgan fingerprint density at radius 2 is 0.613 bits per heavy atom. The summed E-state index contributed by atoms with van der Waals surface area (Å²) >= 11 is 7.74. The van der Waals surface area contributed by atoms with Gasteiger partial charge in [-0.15, -0.1) is 0 Å². The molecule has 2 aliphatic rings. The van der Waals surface area contributed by atoms with Crippen LogP contribution in [0.25, 0.3) is 116 Å². The van der Waals surface area contributed by atoms with Crippen LogP contribution in [0.15, 0.2) is 279 Å². The van der Waals surface area contributed by atoms with Gasteiger partial charge in [0, 0.05) is 82.6 Å². The molecule has 0 fully saturated rings. The van der Waals surface area contributed by atoms with Gasteiger partial charge in [-0.3, -0.25) is 0 Å². The molecule has 0 amide bonds. The van der Waals surface area contributed by atoms with E-state index in [0.717, 1.165) is 106 Å². The molecule has 19 rings (SSSR count). The van der Waals surface area contributed by atoms with Crippen LogP contribution in [-0.2, 0) is 37.9 Å².